The summed E-state index contributed by atoms with van der Waals surface area (Å²) in [6.45, 7) is 10.1. The lowest BCUT2D eigenvalue weighted by Crippen LogP contribution is -2.43. The first kappa shape index (κ1) is 13.6. The fraction of sp³-hybridized carbons (Fsp3) is 0.600. The molecule has 108 valence electrons. The van der Waals surface area contributed by atoms with Gasteiger partial charge in [0.05, 0.1) is 5.69 Å². The van der Waals surface area contributed by atoms with E-state index in [0.717, 1.165) is 35.1 Å². The third kappa shape index (κ3) is 2.14. The van der Waals surface area contributed by atoms with Crippen molar-refractivity contribution in [3.05, 3.63) is 22.5 Å². The SMILES string of the molecule is Cc1nc2scc(C)n2c1C(=O)N1CC(C)CC(C)C1. The van der Waals surface area contributed by atoms with Gasteiger partial charge in [0.25, 0.3) is 5.91 Å². The zero-order valence-electron chi connectivity index (χ0n) is 12.5. The molecule has 0 N–H and O–H groups in total. The highest BCUT2D eigenvalue weighted by Crippen LogP contribution is 2.26. The van der Waals surface area contributed by atoms with Crippen LogP contribution in [-0.4, -0.2) is 33.3 Å². The van der Waals surface area contributed by atoms with Crippen molar-refractivity contribution in [1.82, 2.24) is 14.3 Å². The van der Waals surface area contributed by atoms with Crippen LogP contribution < -0.4 is 0 Å². The largest absolute Gasteiger partial charge is 0.337 e. The van der Waals surface area contributed by atoms with Gasteiger partial charge in [0.2, 0.25) is 0 Å². The van der Waals surface area contributed by atoms with Gasteiger partial charge in [-0.05, 0) is 32.1 Å². The molecule has 0 saturated carbocycles. The van der Waals surface area contributed by atoms with E-state index in [1.807, 2.05) is 23.1 Å². The van der Waals surface area contributed by atoms with Crippen LogP contribution in [-0.2, 0) is 0 Å². The molecule has 1 aliphatic heterocycles. The Bertz CT molecular complexity index is 647. The molecule has 2 atom stereocenters. The fourth-order valence-corrected chi connectivity index (χ4v) is 4.24. The molecule has 1 saturated heterocycles. The van der Waals surface area contributed by atoms with Crippen molar-refractivity contribution in [1.29, 1.82) is 0 Å². The van der Waals surface area contributed by atoms with Crippen molar-refractivity contribution >= 4 is 22.2 Å². The Kier molecular flexibility index (Phi) is 3.32. The van der Waals surface area contributed by atoms with Gasteiger partial charge in [0, 0.05) is 24.2 Å². The van der Waals surface area contributed by atoms with Crippen LogP contribution in [0.3, 0.4) is 0 Å². The van der Waals surface area contributed by atoms with Crippen molar-refractivity contribution < 1.29 is 4.79 Å². The van der Waals surface area contributed by atoms with Crippen molar-refractivity contribution in [2.75, 3.05) is 13.1 Å². The molecular weight excluding hydrogens is 270 g/mol. The maximum atomic E-state index is 12.9. The van der Waals surface area contributed by atoms with Crippen molar-refractivity contribution in [2.45, 2.75) is 34.1 Å². The van der Waals surface area contributed by atoms with E-state index in [-0.39, 0.29) is 5.91 Å². The Morgan fingerprint density at radius 1 is 1.30 bits per heavy atom. The number of aromatic nitrogens is 2. The molecular formula is C15H21N3OS. The molecule has 1 amide bonds. The molecule has 4 nitrogen and oxygen atoms in total. The molecule has 3 rings (SSSR count). The Morgan fingerprint density at radius 2 is 1.95 bits per heavy atom. The second-order valence-corrected chi connectivity index (χ2v) is 7.03. The van der Waals surface area contributed by atoms with Crippen LogP contribution in [0.4, 0.5) is 0 Å². The number of piperidine rings is 1. The molecule has 3 heterocycles. The molecule has 0 aromatic carbocycles. The second-order valence-electron chi connectivity index (χ2n) is 6.20. The summed E-state index contributed by atoms with van der Waals surface area (Å²) in [6, 6.07) is 0. The number of amides is 1. The van der Waals surface area contributed by atoms with Crippen molar-refractivity contribution in [3.63, 3.8) is 0 Å². The van der Waals surface area contributed by atoms with Crippen molar-refractivity contribution in [2.24, 2.45) is 11.8 Å². The summed E-state index contributed by atoms with van der Waals surface area (Å²) in [6.07, 6.45) is 1.21. The van der Waals surface area contributed by atoms with Crippen LogP contribution >= 0.6 is 11.3 Å². The van der Waals surface area contributed by atoms with E-state index in [1.165, 1.54) is 6.42 Å². The number of thiazole rings is 1. The van der Waals surface area contributed by atoms with Gasteiger partial charge in [-0.1, -0.05) is 13.8 Å². The Morgan fingerprint density at radius 3 is 2.60 bits per heavy atom. The zero-order valence-corrected chi connectivity index (χ0v) is 13.3. The Labute approximate surface area is 123 Å². The smallest absolute Gasteiger partial charge is 0.272 e. The number of fused-ring (bicyclic) bond motifs is 1. The van der Waals surface area contributed by atoms with Crippen LogP contribution in [0.2, 0.25) is 0 Å². The van der Waals surface area contributed by atoms with E-state index < -0.39 is 0 Å². The maximum Gasteiger partial charge on any atom is 0.272 e. The summed E-state index contributed by atoms with van der Waals surface area (Å²) in [7, 11) is 0. The fourth-order valence-electron chi connectivity index (χ4n) is 3.33. The van der Waals surface area contributed by atoms with E-state index in [0.29, 0.717) is 11.8 Å². The highest BCUT2D eigenvalue weighted by molar-refractivity contribution is 7.15. The van der Waals surface area contributed by atoms with Gasteiger partial charge in [0.15, 0.2) is 4.96 Å². The number of nitrogens with zero attached hydrogens (tertiary/aromatic N) is 3. The van der Waals surface area contributed by atoms with E-state index in [1.54, 1.807) is 11.3 Å². The van der Waals surface area contributed by atoms with Crippen LogP contribution in [0.5, 0.6) is 0 Å². The minimum atomic E-state index is 0.134. The standard InChI is InChI=1S/C15H21N3OS/c1-9-5-10(2)7-17(6-9)14(19)13-12(4)16-15-18(13)11(3)8-20-15/h8-10H,5-7H2,1-4H3. The van der Waals surface area contributed by atoms with Gasteiger partial charge in [-0.15, -0.1) is 11.3 Å². The molecule has 1 aliphatic rings. The van der Waals surface area contributed by atoms with Gasteiger partial charge in [-0.25, -0.2) is 4.98 Å². The Hall–Kier alpha value is -1.36. The van der Waals surface area contributed by atoms with Crippen LogP contribution in [0.1, 0.15) is 42.1 Å². The number of hydrogen-bond donors (Lipinski definition) is 0. The maximum absolute atomic E-state index is 12.9. The predicted octanol–water partition coefficient (Wildman–Crippen LogP) is 3.13. The van der Waals surface area contributed by atoms with Crippen LogP contribution in [0.15, 0.2) is 5.38 Å². The topological polar surface area (TPSA) is 37.6 Å². The second kappa shape index (κ2) is 4.88. The summed E-state index contributed by atoms with van der Waals surface area (Å²) in [4.78, 5) is 20.4. The van der Waals surface area contributed by atoms with E-state index in [2.05, 4.69) is 24.2 Å². The number of hydrogen-bond acceptors (Lipinski definition) is 3. The number of imidazole rings is 1. The zero-order chi connectivity index (χ0) is 14.4. The minimum Gasteiger partial charge on any atom is -0.337 e. The lowest BCUT2D eigenvalue weighted by Gasteiger charge is -2.35. The van der Waals surface area contributed by atoms with E-state index in [4.69, 9.17) is 0 Å². The van der Waals surface area contributed by atoms with E-state index in [9.17, 15) is 4.79 Å². The lowest BCUT2D eigenvalue weighted by atomic mass is 9.91. The number of likely N-dealkylation sites (tertiary alicyclic amines) is 1. The Balaban J connectivity index is 2.00. The van der Waals surface area contributed by atoms with E-state index >= 15 is 0 Å². The lowest BCUT2D eigenvalue weighted by molar-refractivity contribution is 0.0615. The van der Waals surface area contributed by atoms with Gasteiger partial charge < -0.3 is 4.90 Å². The van der Waals surface area contributed by atoms with Crippen molar-refractivity contribution in [3.8, 4) is 0 Å². The molecule has 0 bridgehead atoms. The molecule has 2 aromatic heterocycles. The first-order valence-electron chi connectivity index (χ1n) is 7.19. The van der Waals surface area contributed by atoms with Crippen LogP contribution in [0, 0.1) is 25.7 Å². The van der Waals surface area contributed by atoms with Crippen LogP contribution in [0.25, 0.3) is 4.96 Å². The molecule has 0 radical (unpaired) electrons. The summed E-state index contributed by atoms with van der Waals surface area (Å²) in [5.74, 6) is 1.29. The third-order valence-corrected chi connectivity index (χ3v) is 5.01. The molecule has 0 spiro atoms. The average molecular weight is 291 g/mol. The molecule has 20 heavy (non-hydrogen) atoms. The normalized spacial score (nSPS) is 23.5. The molecule has 1 fully saturated rings. The monoisotopic (exact) mass is 291 g/mol. The summed E-state index contributed by atoms with van der Waals surface area (Å²) >= 11 is 1.60. The van der Waals surface area contributed by atoms with Gasteiger partial charge >= 0.3 is 0 Å². The number of carbonyl (C=O) groups is 1. The first-order chi connectivity index (χ1) is 9.47. The number of aryl methyl sites for hydroxylation is 2. The first-order valence-corrected chi connectivity index (χ1v) is 8.07. The summed E-state index contributed by atoms with van der Waals surface area (Å²) in [5.41, 5.74) is 2.68. The third-order valence-electron chi connectivity index (χ3n) is 4.07. The van der Waals surface area contributed by atoms with Gasteiger partial charge in [-0.2, -0.15) is 0 Å². The number of carbonyl (C=O) groups excluding carboxylic acids is 1. The summed E-state index contributed by atoms with van der Waals surface area (Å²) < 4.78 is 2.01. The quantitative estimate of drug-likeness (QED) is 0.809. The number of rotatable bonds is 1. The predicted molar refractivity (Wildman–Crippen MR) is 81.4 cm³/mol. The average Bonchev–Trinajstić information content (AvgIpc) is 2.87. The highest BCUT2D eigenvalue weighted by atomic mass is 32.1. The highest BCUT2D eigenvalue weighted by Gasteiger charge is 2.29. The van der Waals surface area contributed by atoms with Gasteiger partial charge in [-0.3, -0.25) is 9.20 Å². The molecule has 0 aliphatic carbocycles. The minimum absolute atomic E-state index is 0.134. The molecule has 2 unspecified atom stereocenters. The molecule has 5 heteroatoms. The van der Waals surface area contributed by atoms with Gasteiger partial charge in [0.1, 0.15) is 5.69 Å². The molecule has 2 aromatic rings. The summed E-state index contributed by atoms with van der Waals surface area (Å²) in [5, 5.41) is 2.06.